The van der Waals surface area contributed by atoms with E-state index in [9.17, 15) is 10.1 Å². The van der Waals surface area contributed by atoms with Crippen LogP contribution in [-0.4, -0.2) is 26.1 Å². The summed E-state index contributed by atoms with van der Waals surface area (Å²) in [6, 6.07) is 4.76. The minimum Gasteiger partial charge on any atom is -0.490 e. The average Bonchev–Trinajstić information content (AvgIpc) is 2.42. The van der Waals surface area contributed by atoms with Crippen LogP contribution in [-0.2, 0) is 4.53 Å². The summed E-state index contributed by atoms with van der Waals surface area (Å²) >= 11 is 0. The van der Waals surface area contributed by atoms with Gasteiger partial charge in [-0.05, 0) is 37.2 Å². The molecular formula is C15H24N2O4Si. The Morgan fingerprint density at radius 2 is 1.91 bits per heavy atom. The van der Waals surface area contributed by atoms with E-state index in [1.807, 2.05) is 0 Å². The molecule has 0 bridgehead atoms. The maximum absolute atomic E-state index is 11.1. The highest BCUT2D eigenvalue weighted by molar-refractivity contribution is 6.74. The molecule has 22 heavy (non-hydrogen) atoms. The van der Waals surface area contributed by atoms with Gasteiger partial charge >= 0.3 is 5.69 Å². The van der Waals surface area contributed by atoms with Gasteiger partial charge in [0.25, 0.3) is 8.32 Å². The van der Waals surface area contributed by atoms with Gasteiger partial charge in [0, 0.05) is 11.6 Å². The molecule has 0 saturated heterocycles. The van der Waals surface area contributed by atoms with Crippen molar-refractivity contribution < 1.29 is 14.2 Å². The van der Waals surface area contributed by atoms with Crippen molar-refractivity contribution in [2.45, 2.75) is 45.8 Å². The molecule has 0 N–H and O–H groups in total. The molecule has 1 aromatic carbocycles. The maximum atomic E-state index is 11.1. The first-order chi connectivity index (χ1) is 9.99. The second kappa shape index (κ2) is 6.47. The monoisotopic (exact) mass is 324 g/mol. The van der Waals surface area contributed by atoms with Crippen LogP contribution in [0.15, 0.2) is 23.4 Å². The summed E-state index contributed by atoms with van der Waals surface area (Å²) in [5, 5.41) is 15.3. The number of ether oxygens (including phenoxy) is 1. The van der Waals surface area contributed by atoms with Gasteiger partial charge in [0.1, 0.15) is 0 Å². The topological polar surface area (TPSA) is 74.0 Å². The predicted molar refractivity (Wildman–Crippen MR) is 90.1 cm³/mol. The third-order valence-corrected chi connectivity index (χ3v) is 8.17. The number of nitrogens with zero attached hydrogens (tertiary/aromatic N) is 2. The summed E-state index contributed by atoms with van der Waals surface area (Å²) in [4.78, 5) is 10.6. The first kappa shape index (κ1) is 18.2. The number of nitro groups is 1. The third-order valence-electron chi connectivity index (χ3n) is 4.01. The van der Waals surface area contributed by atoms with Crippen molar-refractivity contribution >= 4 is 19.7 Å². The molecule has 1 aromatic rings. The van der Waals surface area contributed by atoms with E-state index in [1.165, 1.54) is 13.2 Å². The summed E-state index contributed by atoms with van der Waals surface area (Å²) in [5.74, 6) is 0.229. The second-order valence-corrected chi connectivity index (χ2v) is 11.4. The molecule has 0 heterocycles. The van der Waals surface area contributed by atoms with Crippen LogP contribution in [0.4, 0.5) is 5.69 Å². The zero-order valence-electron chi connectivity index (χ0n) is 14.3. The zero-order chi connectivity index (χ0) is 17.1. The number of methoxy groups -OCH3 is 1. The lowest BCUT2D eigenvalue weighted by atomic mass is 10.1. The van der Waals surface area contributed by atoms with Crippen molar-refractivity contribution in [2.75, 3.05) is 7.11 Å². The smallest absolute Gasteiger partial charge is 0.311 e. The number of hydrogen-bond donors (Lipinski definition) is 0. The first-order valence-corrected chi connectivity index (χ1v) is 9.96. The Morgan fingerprint density at radius 1 is 1.32 bits per heavy atom. The van der Waals surface area contributed by atoms with Gasteiger partial charge in [-0.2, -0.15) is 0 Å². The molecule has 0 aliphatic rings. The molecule has 0 spiro atoms. The molecule has 1 rings (SSSR count). The lowest BCUT2D eigenvalue weighted by molar-refractivity contribution is -0.385. The van der Waals surface area contributed by atoms with Crippen LogP contribution in [0.25, 0.3) is 0 Å². The Balaban J connectivity index is 3.08. The van der Waals surface area contributed by atoms with Crippen molar-refractivity contribution in [1.82, 2.24) is 0 Å². The molecular weight excluding hydrogens is 300 g/mol. The van der Waals surface area contributed by atoms with Gasteiger partial charge in [-0.1, -0.05) is 20.8 Å². The summed E-state index contributed by atoms with van der Waals surface area (Å²) in [6.45, 7) is 12.4. The number of rotatable bonds is 5. The van der Waals surface area contributed by atoms with Crippen LogP contribution in [0.5, 0.6) is 5.75 Å². The fraction of sp³-hybridized carbons (Fsp3) is 0.533. The average molecular weight is 324 g/mol. The molecule has 0 atom stereocenters. The summed E-state index contributed by atoms with van der Waals surface area (Å²) < 4.78 is 10.8. The van der Waals surface area contributed by atoms with E-state index in [4.69, 9.17) is 9.26 Å². The van der Waals surface area contributed by atoms with E-state index < -0.39 is 13.2 Å². The molecule has 0 aliphatic heterocycles. The van der Waals surface area contributed by atoms with Gasteiger partial charge in [-0.3, -0.25) is 10.1 Å². The van der Waals surface area contributed by atoms with Gasteiger partial charge in [-0.25, -0.2) is 0 Å². The van der Waals surface area contributed by atoms with Gasteiger partial charge < -0.3 is 9.26 Å². The Labute approximate surface area is 132 Å². The van der Waals surface area contributed by atoms with Crippen LogP contribution < -0.4 is 4.74 Å². The van der Waals surface area contributed by atoms with E-state index in [0.29, 0.717) is 11.3 Å². The Kier molecular flexibility index (Phi) is 5.34. The lowest BCUT2D eigenvalue weighted by Crippen LogP contribution is -2.39. The van der Waals surface area contributed by atoms with Crippen molar-refractivity contribution in [1.29, 1.82) is 0 Å². The Morgan fingerprint density at radius 3 is 2.36 bits per heavy atom. The molecule has 122 valence electrons. The predicted octanol–water partition coefficient (Wildman–Crippen LogP) is 4.35. The third kappa shape index (κ3) is 4.06. The molecule has 0 radical (unpaired) electrons. The molecule has 0 unspecified atom stereocenters. The van der Waals surface area contributed by atoms with Crippen LogP contribution in [0, 0.1) is 10.1 Å². The zero-order valence-corrected chi connectivity index (χ0v) is 15.3. The number of benzene rings is 1. The van der Waals surface area contributed by atoms with Crippen molar-refractivity contribution in [3.05, 3.63) is 33.9 Å². The first-order valence-electron chi connectivity index (χ1n) is 7.05. The van der Waals surface area contributed by atoms with E-state index in [1.54, 1.807) is 19.1 Å². The molecule has 0 aliphatic carbocycles. The molecule has 6 nitrogen and oxygen atoms in total. The van der Waals surface area contributed by atoms with E-state index in [-0.39, 0.29) is 16.5 Å². The normalized spacial score (nSPS) is 13.0. The molecule has 7 heteroatoms. The number of hydrogen-bond acceptors (Lipinski definition) is 5. The molecule has 0 saturated carbocycles. The van der Waals surface area contributed by atoms with E-state index >= 15 is 0 Å². The van der Waals surface area contributed by atoms with Gasteiger partial charge in [-0.15, -0.1) is 5.16 Å². The van der Waals surface area contributed by atoms with Crippen LogP contribution in [0.2, 0.25) is 18.1 Å². The van der Waals surface area contributed by atoms with Gasteiger partial charge in [0.2, 0.25) is 0 Å². The minimum absolute atomic E-state index is 0.0443. The van der Waals surface area contributed by atoms with Crippen LogP contribution in [0.1, 0.15) is 33.3 Å². The maximum Gasteiger partial charge on any atom is 0.311 e. The van der Waals surface area contributed by atoms with Crippen molar-refractivity contribution in [3.8, 4) is 5.75 Å². The highest BCUT2D eigenvalue weighted by Crippen LogP contribution is 2.36. The number of oxime groups is 1. The largest absolute Gasteiger partial charge is 0.490 e. The quantitative estimate of drug-likeness (QED) is 0.349. The summed E-state index contributed by atoms with van der Waals surface area (Å²) in [5.41, 5.74) is 1.17. The molecule has 0 aromatic heterocycles. The Hall–Kier alpha value is -1.89. The fourth-order valence-electron chi connectivity index (χ4n) is 1.43. The number of nitro benzene ring substituents is 1. The second-order valence-electron chi connectivity index (χ2n) is 6.67. The summed E-state index contributed by atoms with van der Waals surface area (Å²) in [6.07, 6.45) is 0. The van der Waals surface area contributed by atoms with Crippen LogP contribution in [0.3, 0.4) is 0 Å². The fourth-order valence-corrected chi connectivity index (χ4v) is 2.07. The van der Waals surface area contributed by atoms with Crippen molar-refractivity contribution in [2.24, 2.45) is 5.16 Å². The standard InChI is InChI=1S/C15H24N2O4Si/c1-11(16-21-22(6,7)15(2,3)4)12-8-9-14(20-5)13(10-12)17(18)19/h8-10H,1-7H3. The van der Waals surface area contributed by atoms with E-state index in [2.05, 4.69) is 39.0 Å². The minimum atomic E-state index is -2.00. The highest BCUT2D eigenvalue weighted by Gasteiger charge is 2.39. The van der Waals surface area contributed by atoms with Gasteiger partial charge in [0.15, 0.2) is 5.75 Å². The highest BCUT2D eigenvalue weighted by atomic mass is 28.4. The molecule has 0 amide bonds. The lowest BCUT2D eigenvalue weighted by Gasteiger charge is -2.33. The van der Waals surface area contributed by atoms with Gasteiger partial charge in [0.05, 0.1) is 17.7 Å². The van der Waals surface area contributed by atoms with Crippen molar-refractivity contribution in [3.63, 3.8) is 0 Å². The van der Waals surface area contributed by atoms with Crippen LogP contribution >= 0.6 is 0 Å². The molecule has 0 fully saturated rings. The summed E-state index contributed by atoms with van der Waals surface area (Å²) in [7, 11) is -0.594. The SMILES string of the molecule is COc1ccc(C(C)=NO[Si](C)(C)C(C)(C)C)cc1[N+](=O)[O-]. The Bertz CT molecular complexity index is 592. The van der Waals surface area contributed by atoms with E-state index in [0.717, 1.165) is 0 Å².